The average molecular weight is 379 g/mol. The molecule has 9 heteroatoms. The number of amides is 2. The number of hydrogen-bond donors (Lipinski definition) is 1. The number of aromatic nitrogens is 3. The fourth-order valence-corrected chi connectivity index (χ4v) is 4.56. The predicted octanol–water partition coefficient (Wildman–Crippen LogP) is 1.18. The van der Waals surface area contributed by atoms with E-state index in [2.05, 4.69) is 14.9 Å². The summed E-state index contributed by atoms with van der Waals surface area (Å²) >= 11 is 0. The summed E-state index contributed by atoms with van der Waals surface area (Å²) in [6.07, 6.45) is 6.41. The van der Waals surface area contributed by atoms with Gasteiger partial charge >= 0.3 is 0 Å². The molecule has 2 unspecified atom stereocenters. The fraction of sp³-hybridized carbons (Fsp3) is 0.526. The summed E-state index contributed by atoms with van der Waals surface area (Å²) in [5, 5.41) is 9.80. The Labute approximate surface area is 161 Å². The van der Waals surface area contributed by atoms with Crippen molar-refractivity contribution in [2.24, 2.45) is 0 Å². The summed E-state index contributed by atoms with van der Waals surface area (Å²) in [5.41, 5.74) is 0.711. The lowest BCUT2D eigenvalue weighted by Crippen LogP contribution is -2.56. The molecule has 1 saturated carbocycles. The van der Waals surface area contributed by atoms with Crippen LogP contribution in [0.5, 0.6) is 0 Å². The van der Waals surface area contributed by atoms with Gasteiger partial charge in [-0.15, -0.1) is 0 Å². The van der Waals surface area contributed by atoms with Crippen LogP contribution in [0.25, 0.3) is 11.0 Å². The summed E-state index contributed by atoms with van der Waals surface area (Å²) in [4.78, 5) is 42.1. The Morgan fingerprint density at radius 3 is 2.68 bits per heavy atom. The molecule has 0 aromatic carbocycles. The summed E-state index contributed by atoms with van der Waals surface area (Å²) in [7, 11) is 0. The van der Waals surface area contributed by atoms with Crippen LogP contribution in [0.15, 0.2) is 12.3 Å². The van der Waals surface area contributed by atoms with Gasteiger partial charge in [0.25, 0.3) is 0 Å². The van der Waals surface area contributed by atoms with Crippen molar-refractivity contribution in [3.05, 3.63) is 12.3 Å². The number of nitrogens with zero attached hydrogens (tertiary/aromatic N) is 6. The molecule has 0 radical (unpaired) electrons. The highest BCUT2D eigenvalue weighted by atomic mass is 16.2. The average Bonchev–Trinajstić information content (AvgIpc) is 3.34. The largest absolute Gasteiger partial charge is 0.352 e. The van der Waals surface area contributed by atoms with Gasteiger partial charge in [0.05, 0.1) is 11.5 Å². The van der Waals surface area contributed by atoms with Gasteiger partial charge in [0.2, 0.25) is 18.3 Å². The molecule has 2 amide bonds. The van der Waals surface area contributed by atoms with Crippen molar-refractivity contribution >= 4 is 35.1 Å². The van der Waals surface area contributed by atoms with Crippen molar-refractivity contribution in [2.45, 2.75) is 50.2 Å². The number of piperazine rings is 1. The number of fused-ring (bicyclic) bond motifs is 3. The molecule has 1 aliphatic carbocycles. The van der Waals surface area contributed by atoms with Gasteiger partial charge in [0, 0.05) is 37.4 Å². The fourth-order valence-electron chi connectivity index (χ4n) is 4.56. The van der Waals surface area contributed by atoms with E-state index in [0.29, 0.717) is 24.7 Å². The molecular weight excluding hydrogens is 358 g/mol. The minimum atomic E-state index is -0.0781. The Morgan fingerprint density at radius 1 is 1.29 bits per heavy atom. The SMILES string of the molecule is N#CCC(=O)N1C2CCC1CN(c1nc(N(C=O)C3CC3)nc3[nH]ccc13)C2. The zero-order chi connectivity index (χ0) is 19.3. The first kappa shape index (κ1) is 17.0. The Morgan fingerprint density at radius 2 is 2.04 bits per heavy atom. The molecule has 144 valence electrons. The first-order valence-electron chi connectivity index (χ1n) is 9.71. The highest BCUT2D eigenvalue weighted by Gasteiger charge is 2.43. The molecular formula is C19H21N7O2. The maximum absolute atomic E-state index is 12.3. The summed E-state index contributed by atoms with van der Waals surface area (Å²) in [6.45, 7) is 1.35. The number of hydrogen-bond acceptors (Lipinski definition) is 6. The Kier molecular flexibility index (Phi) is 3.93. The maximum Gasteiger partial charge on any atom is 0.237 e. The standard InChI is InChI=1S/C19H21N7O2/c20-7-5-16(28)26-13-3-4-14(26)10-24(9-13)18-15-6-8-21-17(15)22-19(23-18)25(11-27)12-1-2-12/h6,8,11-14H,1-5,9-10H2,(H,21,22,23). The number of H-pyrrole nitrogens is 1. The van der Waals surface area contributed by atoms with E-state index in [1.165, 1.54) is 0 Å². The molecule has 2 bridgehead atoms. The lowest BCUT2D eigenvalue weighted by molar-refractivity contribution is -0.133. The number of carbonyl (C=O) groups is 2. The van der Waals surface area contributed by atoms with Crippen molar-refractivity contribution in [3.8, 4) is 6.07 Å². The third-order valence-electron chi connectivity index (χ3n) is 5.97. The van der Waals surface area contributed by atoms with Crippen LogP contribution in [0.3, 0.4) is 0 Å². The normalized spacial score (nSPS) is 23.7. The second-order valence-corrected chi connectivity index (χ2v) is 7.76. The number of nitriles is 1. The van der Waals surface area contributed by atoms with Crippen molar-refractivity contribution in [3.63, 3.8) is 0 Å². The highest BCUT2D eigenvalue weighted by molar-refractivity contribution is 5.90. The van der Waals surface area contributed by atoms with Crippen LogP contribution in [-0.2, 0) is 9.59 Å². The number of aromatic amines is 1. The lowest BCUT2D eigenvalue weighted by Gasteiger charge is -2.41. The smallest absolute Gasteiger partial charge is 0.237 e. The van der Waals surface area contributed by atoms with E-state index in [1.807, 2.05) is 23.2 Å². The summed E-state index contributed by atoms with van der Waals surface area (Å²) < 4.78 is 0. The molecule has 0 spiro atoms. The molecule has 1 N–H and O–H groups in total. The highest BCUT2D eigenvalue weighted by Crippen LogP contribution is 2.36. The molecule has 9 nitrogen and oxygen atoms in total. The second kappa shape index (κ2) is 6.48. The number of rotatable bonds is 5. The van der Waals surface area contributed by atoms with Gasteiger partial charge in [-0.2, -0.15) is 15.2 Å². The molecule has 4 heterocycles. The zero-order valence-electron chi connectivity index (χ0n) is 15.4. The van der Waals surface area contributed by atoms with Crippen molar-refractivity contribution in [1.29, 1.82) is 5.26 Å². The topological polar surface area (TPSA) is 109 Å². The first-order valence-corrected chi connectivity index (χ1v) is 9.71. The molecule has 3 aliphatic rings. The zero-order valence-corrected chi connectivity index (χ0v) is 15.4. The van der Waals surface area contributed by atoms with E-state index in [0.717, 1.165) is 43.3 Å². The minimum Gasteiger partial charge on any atom is -0.352 e. The third kappa shape index (κ3) is 2.68. The van der Waals surface area contributed by atoms with Gasteiger partial charge in [-0.1, -0.05) is 0 Å². The van der Waals surface area contributed by atoms with Crippen LogP contribution < -0.4 is 9.80 Å². The van der Waals surface area contributed by atoms with Gasteiger partial charge in [-0.05, 0) is 31.7 Å². The molecule has 2 aliphatic heterocycles. The van der Waals surface area contributed by atoms with Gasteiger partial charge in [-0.3, -0.25) is 14.5 Å². The van der Waals surface area contributed by atoms with E-state index in [9.17, 15) is 9.59 Å². The van der Waals surface area contributed by atoms with Crippen LogP contribution in [-0.4, -0.2) is 63.4 Å². The van der Waals surface area contributed by atoms with Crippen LogP contribution in [0, 0.1) is 11.3 Å². The predicted molar refractivity (Wildman–Crippen MR) is 102 cm³/mol. The molecule has 2 saturated heterocycles. The maximum atomic E-state index is 12.3. The molecule has 3 fully saturated rings. The van der Waals surface area contributed by atoms with Crippen molar-refractivity contribution < 1.29 is 9.59 Å². The first-order chi connectivity index (χ1) is 13.7. The van der Waals surface area contributed by atoms with Crippen LogP contribution in [0.4, 0.5) is 11.8 Å². The Bertz CT molecular complexity index is 962. The molecule has 2 aromatic rings. The van der Waals surface area contributed by atoms with E-state index in [1.54, 1.807) is 4.90 Å². The summed E-state index contributed by atoms with van der Waals surface area (Å²) in [6, 6.07) is 4.30. The van der Waals surface area contributed by atoms with Crippen molar-refractivity contribution in [1.82, 2.24) is 19.9 Å². The molecule has 2 aromatic heterocycles. The summed E-state index contributed by atoms with van der Waals surface area (Å²) in [5.74, 6) is 1.15. The lowest BCUT2D eigenvalue weighted by atomic mass is 10.1. The molecule has 2 atom stereocenters. The van der Waals surface area contributed by atoms with E-state index >= 15 is 0 Å². The third-order valence-corrected chi connectivity index (χ3v) is 5.97. The van der Waals surface area contributed by atoms with Gasteiger partial charge in [0.15, 0.2) is 0 Å². The van der Waals surface area contributed by atoms with Gasteiger partial charge in [0.1, 0.15) is 17.9 Å². The van der Waals surface area contributed by atoms with E-state index in [4.69, 9.17) is 10.2 Å². The van der Waals surface area contributed by atoms with Gasteiger partial charge < -0.3 is 14.8 Å². The van der Waals surface area contributed by atoms with E-state index < -0.39 is 0 Å². The minimum absolute atomic E-state index is 0.0671. The Hall–Kier alpha value is -3.15. The second-order valence-electron chi connectivity index (χ2n) is 7.76. The van der Waals surface area contributed by atoms with Gasteiger partial charge in [-0.25, -0.2) is 0 Å². The van der Waals surface area contributed by atoms with Crippen LogP contribution in [0.2, 0.25) is 0 Å². The quantitative estimate of drug-likeness (QED) is 0.781. The van der Waals surface area contributed by atoms with E-state index in [-0.39, 0.29) is 30.5 Å². The Balaban J connectivity index is 1.48. The van der Waals surface area contributed by atoms with Crippen LogP contribution >= 0.6 is 0 Å². The molecule has 28 heavy (non-hydrogen) atoms. The molecule has 5 rings (SSSR count). The van der Waals surface area contributed by atoms with Crippen LogP contribution in [0.1, 0.15) is 32.1 Å². The number of nitrogens with one attached hydrogen (secondary N) is 1. The monoisotopic (exact) mass is 379 g/mol. The van der Waals surface area contributed by atoms with Crippen molar-refractivity contribution in [2.75, 3.05) is 22.9 Å². The number of anilines is 2. The number of carbonyl (C=O) groups excluding carboxylic acids is 2.